The molecular formula is C27H38N2O5. The topological polar surface area (TPSA) is 95.9 Å². The molecule has 0 radical (unpaired) electrons. The normalized spacial score (nSPS) is 17.9. The van der Waals surface area contributed by atoms with E-state index in [1.165, 1.54) is 0 Å². The minimum absolute atomic E-state index is 0.0566. The van der Waals surface area contributed by atoms with Crippen LogP contribution in [0.3, 0.4) is 0 Å². The van der Waals surface area contributed by atoms with Gasteiger partial charge in [0.2, 0.25) is 11.8 Å². The van der Waals surface area contributed by atoms with Gasteiger partial charge in [-0.05, 0) is 44.6 Å². The maximum Gasteiger partial charge on any atom is 0.309 e. The third kappa shape index (κ3) is 8.45. The molecule has 2 rings (SSSR count). The van der Waals surface area contributed by atoms with E-state index in [1.807, 2.05) is 30.3 Å². The maximum absolute atomic E-state index is 12.8. The summed E-state index contributed by atoms with van der Waals surface area (Å²) in [7, 11) is 0. The van der Waals surface area contributed by atoms with Gasteiger partial charge < -0.3 is 20.1 Å². The van der Waals surface area contributed by atoms with Gasteiger partial charge in [-0.25, -0.2) is 0 Å². The zero-order valence-electron chi connectivity index (χ0n) is 20.2. The van der Waals surface area contributed by atoms with Gasteiger partial charge in [-0.3, -0.25) is 14.4 Å². The highest BCUT2D eigenvalue weighted by Gasteiger charge is 2.31. The Kier molecular flexibility index (Phi) is 11.5. The number of allylic oxidation sites excluding steroid dienone is 2. The average molecular weight is 471 g/mol. The number of aliphatic hydroxyl groups excluding tert-OH is 1. The first kappa shape index (κ1) is 27.3. The van der Waals surface area contributed by atoms with Crippen molar-refractivity contribution in [1.29, 1.82) is 0 Å². The van der Waals surface area contributed by atoms with Crippen LogP contribution in [0.4, 0.5) is 0 Å². The second-order valence-corrected chi connectivity index (χ2v) is 8.89. The third-order valence-corrected chi connectivity index (χ3v) is 6.14. The second kappa shape index (κ2) is 14.4. The van der Waals surface area contributed by atoms with Gasteiger partial charge in [0.15, 0.2) is 0 Å². The van der Waals surface area contributed by atoms with Crippen molar-refractivity contribution in [2.45, 2.75) is 57.6 Å². The van der Waals surface area contributed by atoms with E-state index in [1.54, 1.807) is 24.0 Å². The van der Waals surface area contributed by atoms with E-state index in [0.717, 1.165) is 18.4 Å². The fraction of sp³-hybridized carbons (Fsp3) is 0.519. The number of amides is 2. The molecule has 1 aliphatic rings. The lowest BCUT2D eigenvalue weighted by Gasteiger charge is -2.25. The number of carbonyl (C=O) groups excluding carboxylic acids is 3. The van der Waals surface area contributed by atoms with Gasteiger partial charge in [0.05, 0.1) is 31.0 Å². The first-order chi connectivity index (χ1) is 16.4. The van der Waals surface area contributed by atoms with E-state index in [9.17, 15) is 19.5 Å². The highest BCUT2D eigenvalue weighted by molar-refractivity contribution is 5.86. The predicted molar refractivity (Wildman–Crippen MR) is 132 cm³/mol. The summed E-state index contributed by atoms with van der Waals surface area (Å²) in [5, 5.41) is 12.3. The number of nitrogens with one attached hydrogen (secondary N) is 1. The van der Waals surface area contributed by atoms with E-state index in [-0.39, 0.29) is 49.3 Å². The third-order valence-electron chi connectivity index (χ3n) is 6.14. The largest absolute Gasteiger partial charge is 0.461 e. The summed E-state index contributed by atoms with van der Waals surface area (Å²) in [6.45, 7) is 9.87. The number of rotatable bonds is 14. The Morgan fingerprint density at radius 2 is 1.85 bits per heavy atom. The Morgan fingerprint density at radius 1 is 1.18 bits per heavy atom. The van der Waals surface area contributed by atoms with Crippen LogP contribution in [-0.2, 0) is 25.5 Å². The molecule has 0 unspecified atom stereocenters. The van der Waals surface area contributed by atoms with Crippen molar-refractivity contribution in [3.63, 3.8) is 0 Å². The van der Waals surface area contributed by atoms with Gasteiger partial charge in [0, 0.05) is 13.0 Å². The SMILES string of the molecule is C=CC[C@@H](CC(=O)N1CCC[C@H]1CO)C(=O)NC[C@H](C)OC(=O)[C@H](CC=C)Cc1ccccc1. The summed E-state index contributed by atoms with van der Waals surface area (Å²) in [5.74, 6) is -1.63. The zero-order valence-corrected chi connectivity index (χ0v) is 20.2. The number of ether oxygens (including phenoxy) is 1. The number of esters is 1. The summed E-state index contributed by atoms with van der Waals surface area (Å²) in [6.07, 6.45) is 5.93. The summed E-state index contributed by atoms with van der Waals surface area (Å²) in [4.78, 5) is 39.8. The number of benzene rings is 1. The molecule has 34 heavy (non-hydrogen) atoms. The van der Waals surface area contributed by atoms with Gasteiger partial charge >= 0.3 is 5.97 Å². The number of carbonyl (C=O) groups is 3. The highest BCUT2D eigenvalue weighted by Crippen LogP contribution is 2.21. The molecule has 7 heteroatoms. The molecule has 7 nitrogen and oxygen atoms in total. The summed E-state index contributed by atoms with van der Waals surface area (Å²) < 4.78 is 5.59. The van der Waals surface area contributed by atoms with Gasteiger partial charge in [-0.15, -0.1) is 13.2 Å². The van der Waals surface area contributed by atoms with E-state index in [0.29, 0.717) is 25.8 Å². The van der Waals surface area contributed by atoms with Crippen LogP contribution >= 0.6 is 0 Å². The van der Waals surface area contributed by atoms with Gasteiger partial charge in [-0.1, -0.05) is 42.5 Å². The lowest BCUT2D eigenvalue weighted by Crippen LogP contribution is -2.42. The molecule has 1 saturated heterocycles. The molecule has 0 bridgehead atoms. The van der Waals surface area contributed by atoms with Crippen LogP contribution in [0.5, 0.6) is 0 Å². The van der Waals surface area contributed by atoms with E-state index in [4.69, 9.17) is 4.74 Å². The molecule has 2 N–H and O–H groups in total. The van der Waals surface area contributed by atoms with Crippen molar-refractivity contribution in [1.82, 2.24) is 10.2 Å². The van der Waals surface area contributed by atoms with Crippen LogP contribution in [0.15, 0.2) is 55.6 Å². The Balaban J connectivity index is 1.86. The predicted octanol–water partition coefficient (Wildman–Crippen LogP) is 3.04. The Bertz CT molecular complexity index is 826. The smallest absolute Gasteiger partial charge is 0.309 e. The van der Waals surface area contributed by atoms with Crippen molar-refractivity contribution in [3.8, 4) is 0 Å². The van der Waals surface area contributed by atoms with E-state index < -0.39 is 12.0 Å². The van der Waals surface area contributed by atoms with Crippen molar-refractivity contribution in [3.05, 3.63) is 61.2 Å². The summed E-state index contributed by atoms with van der Waals surface area (Å²) >= 11 is 0. The molecule has 1 fully saturated rings. The average Bonchev–Trinajstić information content (AvgIpc) is 3.32. The molecule has 4 atom stereocenters. The molecule has 0 spiro atoms. The van der Waals surface area contributed by atoms with E-state index in [2.05, 4.69) is 18.5 Å². The molecule has 1 aliphatic heterocycles. The van der Waals surface area contributed by atoms with Crippen LogP contribution in [-0.4, -0.2) is 59.6 Å². The lowest BCUT2D eigenvalue weighted by atomic mass is 9.96. The van der Waals surface area contributed by atoms with Crippen molar-refractivity contribution >= 4 is 17.8 Å². The van der Waals surface area contributed by atoms with Crippen LogP contribution in [0.1, 0.15) is 44.6 Å². The lowest BCUT2D eigenvalue weighted by molar-refractivity contribution is -0.153. The highest BCUT2D eigenvalue weighted by atomic mass is 16.5. The Labute approximate surface area is 202 Å². The summed E-state index contributed by atoms with van der Waals surface area (Å²) in [5.41, 5.74) is 1.05. The quantitative estimate of drug-likeness (QED) is 0.322. The van der Waals surface area contributed by atoms with Crippen molar-refractivity contribution in [2.75, 3.05) is 19.7 Å². The molecule has 1 heterocycles. The maximum atomic E-state index is 12.8. The van der Waals surface area contributed by atoms with Gasteiger partial charge in [0.25, 0.3) is 0 Å². The zero-order chi connectivity index (χ0) is 24.9. The second-order valence-electron chi connectivity index (χ2n) is 8.89. The standard InChI is InChI=1S/C27H38N2O5/c1-4-10-22(17-25(31)29-15-9-14-24(29)19-30)26(32)28-18-20(3)34-27(33)23(11-5-2)16-21-12-7-6-8-13-21/h4-8,12-13,20,22-24,30H,1-2,9-11,14-19H2,3H3,(H,28,32)/t20-,22-,23+,24-/m0/s1. The number of likely N-dealkylation sites (tertiary alicyclic amines) is 1. The molecule has 2 amide bonds. The first-order valence-electron chi connectivity index (χ1n) is 12.0. The monoisotopic (exact) mass is 470 g/mol. The number of hydrogen-bond acceptors (Lipinski definition) is 5. The molecular weight excluding hydrogens is 432 g/mol. The van der Waals surface area contributed by atoms with Crippen LogP contribution in [0.2, 0.25) is 0 Å². The minimum Gasteiger partial charge on any atom is -0.461 e. The Hall–Kier alpha value is -2.93. The van der Waals surface area contributed by atoms with Gasteiger partial charge in [-0.2, -0.15) is 0 Å². The number of aliphatic hydroxyl groups is 1. The van der Waals surface area contributed by atoms with Gasteiger partial charge in [0.1, 0.15) is 6.10 Å². The van der Waals surface area contributed by atoms with Crippen LogP contribution < -0.4 is 5.32 Å². The van der Waals surface area contributed by atoms with Crippen molar-refractivity contribution in [2.24, 2.45) is 11.8 Å². The fourth-order valence-corrected chi connectivity index (χ4v) is 4.25. The number of nitrogens with zero attached hydrogens (tertiary/aromatic N) is 1. The van der Waals surface area contributed by atoms with E-state index >= 15 is 0 Å². The molecule has 0 aliphatic carbocycles. The summed E-state index contributed by atoms with van der Waals surface area (Å²) in [6, 6.07) is 9.57. The number of hydrogen-bond donors (Lipinski definition) is 2. The minimum atomic E-state index is -0.556. The molecule has 0 aromatic heterocycles. The molecule has 1 aromatic carbocycles. The van der Waals surface area contributed by atoms with Crippen LogP contribution in [0.25, 0.3) is 0 Å². The van der Waals surface area contributed by atoms with Crippen molar-refractivity contribution < 1.29 is 24.2 Å². The Morgan fingerprint density at radius 3 is 2.50 bits per heavy atom. The van der Waals surface area contributed by atoms with Crippen LogP contribution in [0, 0.1) is 11.8 Å². The molecule has 186 valence electrons. The molecule has 0 saturated carbocycles. The molecule has 1 aromatic rings. The first-order valence-corrected chi connectivity index (χ1v) is 12.0. The fourth-order valence-electron chi connectivity index (χ4n) is 4.25.